The second kappa shape index (κ2) is 6.95. The number of nitro groups is 1. The van der Waals surface area contributed by atoms with E-state index in [9.17, 15) is 28.1 Å². The van der Waals surface area contributed by atoms with Crippen LogP contribution in [0.25, 0.3) is 17.4 Å². The van der Waals surface area contributed by atoms with Crippen LogP contribution in [0.15, 0.2) is 56.5 Å². The second-order valence-corrected chi connectivity index (χ2v) is 6.86. The summed E-state index contributed by atoms with van der Waals surface area (Å²) in [7, 11) is 0. The number of benzene rings is 1. The Balaban J connectivity index is 1.68. The summed E-state index contributed by atoms with van der Waals surface area (Å²) in [5.74, 6) is -1.33. The van der Waals surface area contributed by atoms with Crippen molar-refractivity contribution in [3.05, 3.63) is 57.8 Å². The average Bonchev–Trinajstić information content (AvgIpc) is 3.32. The predicted octanol–water partition coefficient (Wildman–Crippen LogP) is 4.04. The molecule has 9 nitrogen and oxygen atoms in total. The number of furan rings is 1. The Morgan fingerprint density at radius 1 is 1.23 bits per heavy atom. The molecule has 0 bridgehead atoms. The molecule has 0 spiro atoms. The number of aliphatic imine (C=N–C) groups is 1. The lowest BCUT2D eigenvalue weighted by Gasteiger charge is -2.19. The number of amides is 1. The third-order valence-electron chi connectivity index (χ3n) is 3.98. The Morgan fingerprint density at radius 2 is 1.97 bits per heavy atom. The second-order valence-electron chi connectivity index (χ2n) is 5.90. The highest BCUT2D eigenvalue weighted by atomic mass is 32.2. The van der Waals surface area contributed by atoms with Crippen molar-refractivity contribution in [2.75, 3.05) is 0 Å². The molecule has 0 radical (unpaired) electrons. The van der Waals surface area contributed by atoms with Crippen LogP contribution in [0.3, 0.4) is 0 Å². The quantitative estimate of drug-likeness (QED) is 0.441. The van der Waals surface area contributed by atoms with Crippen LogP contribution < -0.4 is 0 Å². The molecule has 0 unspecified atom stereocenters. The van der Waals surface area contributed by atoms with Crippen molar-refractivity contribution < 1.29 is 27.3 Å². The fourth-order valence-electron chi connectivity index (χ4n) is 2.67. The van der Waals surface area contributed by atoms with E-state index < -0.39 is 27.9 Å². The minimum atomic E-state index is -4.74. The monoisotopic (exact) mass is 435 g/mol. The van der Waals surface area contributed by atoms with E-state index in [0.29, 0.717) is 5.01 Å². The summed E-state index contributed by atoms with van der Waals surface area (Å²) in [4.78, 5) is 26.4. The van der Waals surface area contributed by atoms with Crippen LogP contribution >= 0.6 is 11.8 Å². The molecule has 0 aliphatic carbocycles. The van der Waals surface area contributed by atoms with Gasteiger partial charge in [-0.2, -0.15) is 28.3 Å². The minimum absolute atomic E-state index is 0.0572. The zero-order valence-corrected chi connectivity index (χ0v) is 15.3. The average molecular weight is 435 g/mol. The summed E-state index contributed by atoms with van der Waals surface area (Å²) in [6.45, 7) is 0. The number of carbonyl (C=O) groups is 1. The van der Waals surface area contributed by atoms with Crippen LogP contribution in [0.2, 0.25) is 0 Å². The van der Waals surface area contributed by atoms with E-state index in [1.54, 1.807) is 6.07 Å². The van der Waals surface area contributed by atoms with Gasteiger partial charge in [-0.05, 0) is 36.0 Å². The molecule has 13 heteroatoms. The molecule has 152 valence electrons. The maximum absolute atomic E-state index is 12.9. The van der Waals surface area contributed by atoms with Gasteiger partial charge in [-0.25, -0.2) is 0 Å². The van der Waals surface area contributed by atoms with Crippen LogP contribution in [0.5, 0.6) is 0 Å². The SMILES string of the molecule is N=C1/C(=C/c2ccc(-c3ccccc3[N+](=O)[O-])o2)C(=O)N=C2SC(C(F)(F)F)=NN12. The number of alkyl halides is 3. The van der Waals surface area contributed by atoms with E-state index in [0.717, 1.165) is 6.08 Å². The zero-order chi connectivity index (χ0) is 21.6. The predicted molar refractivity (Wildman–Crippen MR) is 102 cm³/mol. The molecule has 1 aromatic heterocycles. The van der Waals surface area contributed by atoms with Crippen molar-refractivity contribution in [1.29, 1.82) is 5.41 Å². The number of thioether (sulfide) groups is 1. The molecule has 0 atom stereocenters. The molecule has 2 aliphatic heterocycles. The molecule has 0 saturated heterocycles. The molecule has 2 aliphatic rings. The normalized spacial score (nSPS) is 17.8. The first-order chi connectivity index (χ1) is 14.1. The number of carbonyl (C=O) groups excluding carboxylic acids is 1. The van der Waals surface area contributed by atoms with E-state index in [-0.39, 0.29) is 45.3 Å². The summed E-state index contributed by atoms with van der Waals surface area (Å²) < 4.78 is 44.1. The lowest BCUT2D eigenvalue weighted by Crippen LogP contribution is -2.35. The van der Waals surface area contributed by atoms with Gasteiger partial charge >= 0.3 is 6.18 Å². The van der Waals surface area contributed by atoms with Crippen molar-refractivity contribution in [3.8, 4) is 11.3 Å². The van der Waals surface area contributed by atoms with Crippen LogP contribution in [0.4, 0.5) is 18.9 Å². The number of hydrogen-bond acceptors (Lipinski definition) is 7. The smallest absolute Gasteiger partial charge is 0.441 e. The molecule has 1 aromatic carbocycles. The molecule has 1 amide bonds. The highest BCUT2D eigenvalue weighted by molar-refractivity contribution is 8.27. The van der Waals surface area contributed by atoms with Gasteiger partial charge in [-0.1, -0.05) is 12.1 Å². The Hall–Kier alpha value is -3.74. The van der Waals surface area contributed by atoms with Gasteiger partial charge in [0, 0.05) is 6.07 Å². The van der Waals surface area contributed by atoms with Crippen molar-refractivity contribution in [2.45, 2.75) is 6.18 Å². The van der Waals surface area contributed by atoms with E-state index in [1.807, 2.05) is 0 Å². The van der Waals surface area contributed by atoms with Gasteiger partial charge in [0.05, 0.1) is 16.1 Å². The molecule has 4 rings (SSSR count). The number of amidine groups is 2. The maximum atomic E-state index is 12.9. The first-order valence-electron chi connectivity index (χ1n) is 8.06. The third kappa shape index (κ3) is 3.39. The number of halogens is 3. The van der Waals surface area contributed by atoms with Gasteiger partial charge in [0.25, 0.3) is 11.6 Å². The number of nitrogens with zero attached hydrogens (tertiary/aromatic N) is 4. The minimum Gasteiger partial charge on any atom is -0.456 e. The molecular weight excluding hydrogens is 427 g/mol. The Labute approximate surface area is 169 Å². The summed E-state index contributed by atoms with van der Waals surface area (Å²) in [6.07, 6.45) is -3.62. The topological polar surface area (TPSA) is 125 Å². The number of para-hydroxylation sites is 1. The van der Waals surface area contributed by atoms with Gasteiger partial charge in [0.2, 0.25) is 10.2 Å². The van der Waals surface area contributed by atoms with E-state index in [2.05, 4.69) is 10.1 Å². The first kappa shape index (κ1) is 19.6. The fourth-order valence-corrected chi connectivity index (χ4v) is 3.42. The molecular formula is C17H8F3N5O4S. The van der Waals surface area contributed by atoms with Crippen LogP contribution in [0.1, 0.15) is 5.76 Å². The maximum Gasteiger partial charge on any atom is 0.441 e. The molecule has 3 heterocycles. The number of nitro benzene ring substituents is 1. The van der Waals surface area contributed by atoms with Crippen molar-refractivity contribution in [3.63, 3.8) is 0 Å². The van der Waals surface area contributed by atoms with E-state index in [4.69, 9.17) is 9.83 Å². The standard InChI is InChI=1S/C17H8F3N5O4S/c18-17(19,20)15-23-24-13(21)10(14(26)22-16(24)30-15)7-8-5-6-12(29-8)9-3-1-2-4-11(9)25(27)28/h1-7,21H/b10-7-,21-13?. The molecule has 30 heavy (non-hydrogen) atoms. The Morgan fingerprint density at radius 3 is 2.67 bits per heavy atom. The van der Waals surface area contributed by atoms with Crippen molar-refractivity contribution in [2.24, 2.45) is 10.1 Å². The summed E-state index contributed by atoms with van der Waals surface area (Å²) >= 11 is 0.148. The molecule has 0 fully saturated rings. The van der Waals surface area contributed by atoms with Crippen molar-refractivity contribution >= 4 is 45.5 Å². The van der Waals surface area contributed by atoms with Gasteiger partial charge < -0.3 is 4.42 Å². The van der Waals surface area contributed by atoms with Crippen LogP contribution in [-0.4, -0.2) is 38.1 Å². The number of fused-ring (bicyclic) bond motifs is 1. The molecule has 2 aromatic rings. The number of rotatable bonds is 3. The highest BCUT2D eigenvalue weighted by Crippen LogP contribution is 2.36. The number of nitrogens with one attached hydrogen (secondary N) is 1. The highest BCUT2D eigenvalue weighted by Gasteiger charge is 2.46. The molecule has 1 N–H and O–H groups in total. The van der Waals surface area contributed by atoms with Crippen LogP contribution in [-0.2, 0) is 4.79 Å². The van der Waals surface area contributed by atoms with Gasteiger partial charge in [0.1, 0.15) is 11.5 Å². The lowest BCUT2D eigenvalue weighted by atomic mass is 10.1. The first-order valence-corrected chi connectivity index (χ1v) is 8.88. The largest absolute Gasteiger partial charge is 0.456 e. The van der Waals surface area contributed by atoms with Crippen LogP contribution in [0, 0.1) is 15.5 Å². The summed E-state index contributed by atoms with van der Waals surface area (Å²) in [6, 6.07) is 8.70. The fraction of sp³-hybridized carbons (Fsp3) is 0.0588. The van der Waals surface area contributed by atoms with E-state index >= 15 is 0 Å². The summed E-state index contributed by atoms with van der Waals surface area (Å²) in [5, 5.41) is 21.5. The zero-order valence-electron chi connectivity index (χ0n) is 14.5. The van der Waals surface area contributed by atoms with Crippen molar-refractivity contribution in [1.82, 2.24) is 5.01 Å². The van der Waals surface area contributed by atoms with E-state index in [1.165, 1.54) is 30.3 Å². The summed E-state index contributed by atoms with van der Waals surface area (Å²) in [5.41, 5.74) is -0.326. The van der Waals surface area contributed by atoms with Gasteiger partial charge in [-0.3, -0.25) is 20.3 Å². The molecule has 0 saturated carbocycles. The number of hydrogen-bond donors (Lipinski definition) is 1. The number of hydrazone groups is 1. The third-order valence-corrected chi connectivity index (χ3v) is 4.93. The lowest BCUT2D eigenvalue weighted by molar-refractivity contribution is -0.384. The van der Waals surface area contributed by atoms with Gasteiger partial charge in [-0.15, -0.1) is 0 Å². The Kier molecular flexibility index (Phi) is 4.53. The Bertz CT molecular complexity index is 1200. The van der Waals surface area contributed by atoms with Gasteiger partial charge in [0.15, 0.2) is 5.84 Å².